The maximum Gasteiger partial charge on any atom is 0.175 e. The summed E-state index contributed by atoms with van der Waals surface area (Å²) in [4.78, 5) is 0.284. The summed E-state index contributed by atoms with van der Waals surface area (Å²) in [7, 11) is -3.13. The molecular formula is C9H13NO3S. The summed E-state index contributed by atoms with van der Waals surface area (Å²) in [5.74, 6) is 0. The molecule has 0 saturated heterocycles. The quantitative estimate of drug-likeness (QED) is 0.742. The molecule has 0 aliphatic heterocycles. The monoisotopic (exact) mass is 215 g/mol. The van der Waals surface area contributed by atoms with E-state index in [-0.39, 0.29) is 10.9 Å². The summed E-state index contributed by atoms with van der Waals surface area (Å²) in [6.07, 6.45) is 1.16. The molecule has 1 aromatic carbocycles. The highest BCUT2D eigenvalue weighted by Crippen LogP contribution is 2.15. The SMILES string of the molecule is CC(NO)c1ccc(S(C)(=O)=O)cc1. The van der Waals surface area contributed by atoms with Gasteiger partial charge in [-0.15, -0.1) is 0 Å². The van der Waals surface area contributed by atoms with Gasteiger partial charge in [0.2, 0.25) is 0 Å². The fourth-order valence-electron chi connectivity index (χ4n) is 1.08. The van der Waals surface area contributed by atoms with Crippen molar-refractivity contribution in [1.82, 2.24) is 5.48 Å². The molecule has 0 bridgehead atoms. The summed E-state index contributed by atoms with van der Waals surface area (Å²) in [5.41, 5.74) is 2.92. The van der Waals surface area contributed by atoms with Crippen LogP contribution in [-0.4, -0.2) is 19.9 Å². The molecule has 1 aromatic rings. The van der Waals surface area contributed by atoms with E-state index >= 15 is 0 Å². The minimum atomic E-state index is -3.13. The summed E-state index contributed by atoms with van der Waals surface area (Å²) >= 11 is 0. The van der Waals surface area contributed by atoms with Gasteiger partial charge in [0.05, 0.1) is 10.9 Å². The van der Waals surface area contributed by atoms with E-state index in [0.717, 1.165) is 11.8 Å². The molecule has 0 amide bonds. The number of sulfone groups is 1. The van der Waals surface area contributed by atoms with E-state index in [2.05, 4.69) is 5.48 Å². The fraction of sp³-hybridized carbons (Fsp3) is 0.333. The third-order valence-electron chi connectivity index (χ3n) is 2.00. The molecule has 5 heteroatoms. The summed E-state index contributed by atoms with van der Waals surface area (Å²) in [6, 6.07) is 6.19. The molecule has 1 unspecified atom stereocenters. The van der Waals surface area contributed by atoms with E-state index in [9.17, 15) is 8.42 Å². The first-order valence-electron chi connectivity index (χ1n) is 4.15. The van der Waals surface area contributed by atoms with Gasteiger partial charge in [-0.2, -0.15) is 5.48 Å². The van der Waals surface area contributed by atoms with Gasteiger partial charge in [0.1, 0.15) is 0 Å². The normalized spacial score (nSPS) is 13.9. The van der Waals surface area contributed by atoms with E-state index in [4.69, 9.17) is 5.21 Å². The molecule has 0 saturated carbocycles. The molecule has 0 radical (unpaired) electrons. The third kappa shape index (κ3) is 2.54. The van der Waals surface area contributed by atoms with Crippen LogP contribution in [0.4, 0.5) is 0 Å². The second-order valence-electron chi connectivity index (χ2n) is 3.19. The number of hydroxylamine groups is 1. The molecule has 0 aliphatic carbocycles. The van der Waals surface area contributed by atoms with Crippen LogP contribution in [0.25, 0.3) is 0 Å². The third-order valence-corrected chi connectivity index (χ3v) is 3.13. The summed E-state index contributed by atoms with van der Waals surface area (Å²) < 4.78 is 22.2. The van der Waals surface area contributed by atoms with Gasteiger partial charge in [0.15, 0.2) is 9.84 Å². The molecule has 78 valence electrons. The smallest absolute Gasteiger partial charge is 0.175 e. The molecule has 0 aromatic heterocycles. The molecule has 1 atom stereocenters. The zero-order valence-corrected chi connectivity index (χ0v) is 8.88. The van der Waals surface area contributed by atoms with Crippen molar-refractivity contribution < 1.29 is 13.6 Å². The highest BCUT2D eigenvalue weighted by Gasteiger charge is 2.08. The first-order valence-corrected chi connectivity index (χ1v) is 6.04. The van der Waals surface area contributed by atoms with Crippen molar-refractivity contribution in [3.05, 3.63) is 29.8 Å². The number of nitrogens with one attached hydrogen (secondary N) is 1. The van der Waals surface area contributed by atoms with Crippen LogP contribution in [-0.2, 0) is 9.84 Å². The first-order chi connectivity index (χ1) is 6.45. The molecule has 1 rings (SSSR count). The second kappa shape index (κ2) is 4.08. The Labute approximate surface area is 83.4 Å². The molecule has 0 heterocycles. The van der Waals surface area contributed by atoms with Crippen LogP contribution in [0.2, 0.25) is 0 Å². The van der Waals surface area contributed by atoms with Crippen molar-refractivity contribution in [2.45, 2.75) is 17.9 Å². The number of hydrogen-bond donors (Lipinski definition) is 2. The molecular weight excluding hydrogens is 202 g/mol. The van der Waals surface area contributed by atoms with Gasteiger partial charge in [-0.1, -0.05) is 12.1 Å². The Kier molecular flexibility index (Phi) is 3.25. The Balaban J connectivity index is 3.01. The predicted octanol–water partition coefficient (Wildman–Crippen LogP) is 1.13. The van der Waals surface area contributed by atoms with E-state index in [0.29, 0.717) is 0 Å². The average Bonchev–Trinajstić information content (AvgIpc) is 2.15. The predicted molar refractivity (Wildman–Crippen MR) is 52.9 cm³/mol. The number of benzene rings is 1. The van der Waals surface area contributed by atoms with Crippen molar-refractivity contribution >= 4 is 9.84 Å². The Bertz CT molecular complexity index is 397. The molecule has 14 heavy (non-hydrogen) atoms. The van der Waals surface area contributed by atoms with Crippen LogP contribution < -0.4 is 5.48 Å². The summed E-state index contributed by atoms with van der Waals surface area (Å²) in [6.45, 7) is 1.77. The van der Waals surface area contributed by atoms with Gasteiger partial charge >= 0.3 is 0 Å². The molecule has 0 spiro atoms. The zero-order chi connectivity index (χ0) is 10.8. The van der Waals surface area contributed by atoms with Crippen molar-refractivity contribution in [1.29, 1.82) is 0 Å². The van der Waals surface area contributed by atoms with Crippen LogP contribution in [0, 0.1) is 0 Å². The van der Waals surface area contributed by atoms with Crippen LogP contribution >= 0.6 is 0 Å². The standard InChI is InChI=1S/C9H13NO3S/c1-7(10-11)8-3-5-9(6-4-8)14(2,12)13/h3-7,10-11H,1-2H3. The van der Waals surface area contributed by atoms with Gasteiger partial charge in [0, 0.05) is 6.26 Å². The Morgan fingerprint density at radius 1 is 1.29 bits per heavy atom. The van der Waals surface area contributed by atoms with Crippen molar-refractivity contribution in [2.75, 3.05) is 6.26 Å². The maximum absolute atomic E-state index is 11.1. The lowest BCUT2D eigenvalue weighted by Gasteiger charge is -2.09. The second-order valence-corrected chi connectivity index (χ2v) is 5.21. The minimum absolute atomic E-state index is 0.205. The number of hydrogen-bond acceptors (Lipinski definition) is 4. The first kappa shape index (κ1) is 11.2. The zero-order valence-electron chi connectivity index (χ0n) is 8.06. The van der Waals surface area contributed by atoms with Gasteiger partial charge in [-0.05, 0) is 24.6 Å². The fourth-order valence-corrected chi connectivity index (χ4v) is 1.71. The van der Waals surface area contributed by atoms with Gasteiger partial charge in [-0.3, -0.25) is 0 Å². The van der Waals surface area contributed by atoms with E-state index in [1.165, 1.54) is 12.1 Å². The Hall–Kier alpha value is -0.910. The van der Waals surface area contributed by atoms with Crippen molar-refractivity contribution in [3.63, 3.8) is 0 Å². The van der Waals surface area contributed by atoms with E-state index in [1.807, 2.05) is 0 Å². The van der Waals surface area contributed by atoms with Gasteiger partial charge < -0.3 is 5.21 Å². The van der Waals surface area contributed by atoms with E-state index in [1.54, 1.807) is 19.1 Å². The van der Waals surface area contributed by atoms with Crippen LogP contribution in [0.1, 0.15) is 18.5 Å². The lowest BCUT2D eigenvalue weighted by molar-refractivity contribution is 0.133. The Morgan fingerprint density at radius 3 is 2.14 bits per heavy atom. The lowest BCUT2D eigenvalue weighted by Crippen LogP contribution is -2.13. The van der Waals surface area contributed by atoms with E-state index < -0.39 is 9.84 Å². The Morgan fingerprint density at radius 2 is 1.79 bits per heavy atom. The van der Waals surface area contributed by atoms with Crippen LogP contribution in [0.15, 0.2) is 29.2 Å². The largest absolute Gasteiger partial charge is 0.316 e. The highest BCUT2D eigenvalue weighted by atomic mass is 32.2. The van der Waals surface area contributed by atoms with Gasteiger partial charge in [0.25, 0.3) is 0 Å². The van der Waals surface area contributed by atoms with Crippen LogP contribution in [0.5, 0.6) is 0 Å². The maximum atomic E-state index is 11.1. The van der Waals surface area contributed by atoms with Gasteiger partial charge in [-0.25, -0.2) is 8.42 Å². The minimum Gasteiger partial charge on any atom is -0.316 e. The molecule has 2 N–H and O–H groups in total. The topological polar surface area (TPSA) is 66.4 Å². The molecule has 0 aliphatic rings. The summed E-state index contributed by atoms with van der Waals surface area (Å²) in [5, 5.41) is 8.65. The van der Waals surface area contributed by atoms with Crippen molar-refractivity contribution in [2.24, 2.45) is 0 Å². The highest BCUT2D eigenvalue weighted by molar-refractivity contribution is 7.90. The number of rotatable bonds is 3. The molecule has 4 nitrogen and oxygen atoms in total. The average molecular weight is 215 g/mol. The molecule has 0 fully saturated rings. The lowest BCUT2D eigenvalue weighted by atomic mass is 10.1. The van der Waals surface area contributed by atoms with Crippen molar-refractivity contribution in [3.8, 4) is 0 Å². The van der Waals surface area contributed by atoms with Crippen LogP contribution in [0.3, 0.4) is 0 Å².